The van der Waals surface area contributed by atoms with Crippen molar-refractivity contribution in [1.29, 1.82) is 0 Å². The second-order valence-corrected chi connectivity index (χ2v) is 3.71. The van der Waals surface area contributed by atoms with Crippen LogP contribution in [-0.4, -0.2) is 25.2 Å². The Morgan fingerprint density at radius 2 is 2.20 bits per heavy atom. The lowest BCUT2D eigenvalue weighted by Gasteiger charge is -2.09. The van der Waals surface area contributed by atoms with Gasteiger partial charge in [0.05, 0.1) is 31.0 Å². The molecular formula is C12H9FN4O3. The minimum atomic E-state index is -0.704. The number of methoxy groups -OCH3 is 2. The van der Waals surface area contributed by atoms with Gasteiger partial charge in [0.15, 0.2) is 11.6 Å². The van der Waals surface area contributed by atoms with Crippen LogP contribution < -0.4 is 4.74 Å². The van der Waals surface area contributed by atoms with Gasteiger partial charge in [0.1, 0.15) is 0 Å². The molecule has 1 aromatic heterocycles. The van der Waals surface area contributed by atoms with Crippen molar-refractivity contribution in [2.24, 2.45) is 5.11 Å². The van der Waals surface area contributed by atoms with Gasteiger partial charge in [-0.05, 0) is 11.6 Å². The van der Waals surface area contributed by atoms with Crippen molar-refractivity contribution in [2.45, 2.75) is 0 Å². The Hall–Kier alpha value is -2.86. The maximum atomic E-state index is 13.6. The Labute approximate surface area is 112 Å². The molecule has 1 aromatic carbocycles. The highest BCUT2D eigenvalue weighted by Gasteiger charge is 2.17. The van der Waals surface area contributed by atoms with Crippen LogP contribution in [0.25, 0.3) is 21.3 Å². The van der Waals surface area contributed by atoms with Crippen LogP contribution in [0.5, 0.6) is 5.75 Å². The molecule has 1 heterocycles. The largest absolute Gasteiger partial charge is 0.494 e. The number of carbonyl (C=O) groups excluding carboxylic acids is 1. The zero-order chi connectivity index (χ0) is 14.7. The standard InChI is InChI=1S/C12H9FN4O3/c1-19-10-3-6-9(4-8(10)13)15-5-7(12(18)20-2)11(6)16-17-14/h3-5H,1-2H3. The Bertz CT molecular complexity index is 741. The lowest BCUT2D eigenvalue weighted by atomic mass is 10.1. The number of aromatic nitrogens is 1. The molecule has 20 heavy (non-hydrogen) atoms. The van der Waals surface area contributed by atoms with Crippen LogP contribution in [0.4, 0.5) is 10.1 Å². The molecule has 0 spiro atoms. The van der Waals surface area contributed by atoms with E-state index in [4.69, 9.17) is 10.3 Å². The Morgan fingerprint density at radius 1 is 1.45 bits per heavy atom. The molecule has 0 N–H and O–H groups in total. The summed E-state index contributed by atoms with van der Waals surface area (Å²) in [5, 5.41) is 3.77. The maximum Gasteiger partial charge on any atom is 0.339 e. The first kappa shape index (κ1) is 13.6. The summed E-state index contributed by atoms with van der Waals surface area (Å²) in [5.74, 6) is -1.36. The number of pyridine rings is 1. The minimum absolute atomic E-state index is 0.00791. The second kappa shape index (κ2) is 5.41. The maximum absolute atomic E-state index is 13.6. The Balaban J connectivity index is 2.86. The highest BCUT2D eigenvalue weighted by molar-refractivity contribution is 6.03. The van der Waals surface area contributed by atoms with Crippen molar-refractivity contribution >= 4 is 22.6 Å². The van der Waals surface area contributed by atoms with Gasteiger partial charge in [0, 0.05) is 22.6 Å². The van der Waals surface area contributed by atoms with E-state index in [2.05, 4.69) is 19.7 Å². The van der Waals surface area contributed by atoms with Gasteiger partial charge in [-0.2, -0.15) is 0 Å². The van der Waals surface area contributed by atoms with Crippen molar-refractivity contribution < 1.29 is 18.7 Å². The van der Waals surface area contributed by atoms with E-state index >= 15 is 0 Å². The number of ether oxygens (including phenoxy) is 2. The first-order chi connectivity index (χ1) is 9.62. The van der Waals surface area contributed by atoms with Crippen molar-refractivity contribution in [3.05, 3.63) is 40.2 Å². The molecule has 0 unspecified atom stereocenters. The number of nitrogens with zero attached hydrogens (tertiary/aromatic N) is 4. The van der Waals surface area contributed by atoms with E-state index in [-0.39, 0.29) is 22.5 Å². The molecule has 7 nitrogen and oxygen atoms in total. The molecule has 0 aliphatic rings. The van der Waals surface area contributed by atoms with Crippen molar-refractivity contribution in [1.82, 2.24) is 4.98 Å². The molecule has 0 bridgehead atoms. The zero-order valence-electron chi connectivity index (χ0n) is 10.6. The Morgan fingerprint density at radius 3 is 2.80 bits per heavy atom. The monoisotopic (exact) mass is 276 g/mol. The first-order valence-electron chi connectivity index (χ1n) is 5.42. The number of esters is 1. The number of fused-ring (bicyclic) bond motifs is 1. The SMILES string of the molecule is COC(=O)c1cnc2cc(F)c(OC)cc2c1N=[N+]=[N-]. The van der Waals surface area contributed by atoms with Crippen molar-refractivity contribution in [2.75, 3.05) is 14.2 Å². The predicted molar refractivity (Wildman–Crippen MR) is 68.4 cm³/mol. The highest BCUT2D eigenvalue weighted by Crippen LogP contribution is 2.33. The third-order valence-electron chi connectivity index (χ3n) is 2.66. The minimum Gasteiger partial charge on any atom is -0.494 e. The predicted octanol–water partition coefficient (Wildman–Crippen LogP) is 3.11. The molecule has 2 rings (SSSR count). The summed E-state index contributed by atoms with van der Waals surface area (Å²) in [4.78, 5) is 18.2. The van der Waals surface area contributed by atoms with E-state index in [1.54, 1.807) is 0 Å². The molecule has 0 saturated carbocycles. The van der Waals surface area contributed by atoms with Crippen LogP contribution in [0.15, 0.2) is 23.4 Å². The highest BCUT2D eigenvalue weighted by atomic mass is 19.1. The van der Waals surface area contributed by atoms with Gasteiger partial charge in [-0.25, -0.2) is 9.18 Å². The van der Waals surface area contributed by atoms with E-state index in [0.29, 0.717) is 5.39 Å². The zero-order valence-corrected chi connectivity index (χ0v) is 10.6. The molecule has 0 amide bonds. The van der Waals surface area contributed by atoms with Crippen LogP contribution in [0.2, 0.25) is 0 Å². The summed E-state index contributed by atoms with van der Waals surface area (Å²) in [6.07, 6.45) is 1.17. The summed E-state index contributed by atoms with van der Waals surface area (Å²) >= 11 is 0. The van der Waals surface area contributed by atoms with E-state index < -0.39 is 11.8 Å². The smallest absolute Gasteiger partial charge is 0.339 e. The molecule has 0 fully saturated rings. The van der Waals surface area contributed by atoms with Gasteiger partial charge in [-0.1, -0.05) is 5.11 Å². The normalized spacial score (nSPS) is 9.95. The van der Waals surface area contributed by atoms with E-state index in [1.165, 1.54) is 26.5 Å². The van der Waals surface area contributed by atoms with Crippen LogP contribution in [0.1, 0.15) is 10.4 Å². The number of halogens is 1. The molecule has 0 aliphatic carbocycles. The second-order valence-electron chi connectivity index (χ2n) is 3.71. The lowest BCUT2D eigenvalue weighted by molar-refractivity contribution is 0.0601. The van der Waals surface area contributed by atoms with Gasteiger partial charge in [-0.3, -0.25) is 4.98 Å². The number of hydrogen-bond acceptors (Lipinski definition) is 5. The number of benzene rings is 1. The van der Waals surface area contributed by atoms with Gasteiger partial charge in [0.2, 0.25) is 0 Å². The number of azide groups is 1. The average molecular weight is 276 g/mol. The summed E-state index contributed by atoms with van der Waals surface area (Å²) in [7, 11) is 2.49. The Kier molecular flexibility index (Phi) is 3.67. The number of hydrogen-bond donors (Lipinski definition) is 0. The summed E-state index contributed by atoms with van der Waals surface area (Å²) in [6.45, 7) is 0. The third-order valence-corrected chi connectivity index (χ3v) is 2.66. The van der Waals surface area contributed by atoms with E-state index in [1.807, 2.05) is 0 Å². The molecule has 0 radical (unpaired) electrons. The fraction of sp³-hybridized carbons (Fsp3) is 0.167. The first-order valence-corrected chi connectivity index (χ1v) is 5.42. The van der Waals surface area contributed by atoms with Crippen LogP contribution in [-0.2, 0) is 4.74 Å². The van der Waals surface area contributed by atoms with E-state index in [9.17, 15) is 9.18 Å². The van der Waals surface area contributed by atoms with Crippen LogP contribution in [0, 0.1) is 5.82 Å². The summed E-state index contributed by atoms with van der Waals surface area (Å²) in [6, 6.07) is 2.44. The molecular weight excluding hydrogens is 267 g/mol. The van der Waals surface area contributed by atoms with Gasteiger partial charge in [-0.15, -0.1) is 0 Å². The molecule has 0 saturated heterocycles. The molecule has 0 atom stereocenters. The number of rotatable bonds is 3. The van der Waals surface area contributed by atoms with Crippen LogP contribution >= 0.6 is 0 Å². The molecule has 2 aromatic rings. The fourth-order valence-corrected chi connectivity index (χ4v) is 1.75. The van der Waals surface area contributed by atoms with Gasteiger partial charge in [0.25, 0.3) is 0 Å². The molecule has 0 aliphatic heterocycles. The number of carbonyl (C=O) groups is 1. The van der Waals surface area contributed by atoms with Crippen LogP contribution in [0.3, 0.4) is 0 Å². The quantitative estimate of drug-likeness (QED) is 0.372. The molecule has 102 valence electrons. The lowest BCUT2D eigenvalue weighted by Crippen LogP contribution is -2.03. The molecule has 8 heteroatoms. The third kappa shape index (κ3) is 2.19. The van der Waals surface area contributed by atoms with Crippen molar-refractivity contribution in [3.8, 4) is 5.75 Å². The fourth-order valence-electron chi connectivity index (χ4n) is 1.75. The van der Waals surface area contributed by atoms with E-state index in [0.717, 1.165) is 6.07 Å². The van der Waals surface area contributed by atoms with Gasteiger partial charge < -0.3 is 9.47 Å². The summed E-state index contributed by atoms with van der Waals surface area (Å²) < 4.78 is 23.0. The topological polar surface area (TPSA) is 97.2 Å². The van der Waals surface area contributed by atoms with Gasteiger partial charge >= 0.3 is 5.97 Å². The average Bonchev–Trinajstić information content (AvgIpc) is 2.46. The summed E-state index contributed by atoms with van der Waals surface area (Å²) in [5.41, 5.74) is 8.86. The van der Waals surface area contributed by atoms with Crippen molar-refractivity contribution in [3.63, 3.8) is 0 Å².